The molecule has 0 bridgehead atoms. The van der Waals surface area contributed by atoms with Gasteiger partial charge < -0.3 is 35.0 Å². The van der Waals surface area contributed by atoms with Gasteiger partial charge in [-0.3, -0.25) is 9.59 Å². The molecule has 11 atom stereocenters. The zero-order valence-corrected chi connectivity index (χ0v) is 21.3. The molecule has 10 nitrogen and oxygen atoms in total. The van der Waals surface area contributed by atoms with E-state index >= 15 is 0 Å². The van der Waals surface area contributed by atoms with Gasteiger partial charge in [-0.2, -0.15) is 0 Å². The van der Waals surface area contributed by atoms with E-state index in [9.17, 15) is 39.9 Å². The van der Waals surface area contributed by atoms with Crippen molar-refractivity contribution in [2.45, 2.75) is 102 Å². The van der Waals surface area contributed by atoms with Crippen LogP contribution in [0.25, 0.3) is 0 Å². The standard InChI is InChI=1S/C27H38O10/c1-25-8-5-14(28)11-13(25)3-4-15-16(25)6-9-26(2)17(15)7-10-27(26,35)18(29)12-36-24-21(32)19(30)20(31)22(37-24)23(33)34/h11,15-17,19-22,24,30-32,35H,3-10,12H2,1-2H3,(H,33,34)/t15-,16+,17-,19-,20-,21+,22-,24+,25+,26-,27+/m1/s1. The molecule has 0 radical (unpaired) electrons. The van der Waals surface area contributed by atoms with Crippen LogP contribution in [0.1, 0.15) is 65.2 Å². The third kappa shape index (κ3) is 3.94. The number of allylic oxidation sites excluding steroid dienone is 1. The Labute approximate surface area is 215 Å². The highest BCUT2D eigenvalue weighted by molar-refractivity contribution is 5.92. The summed E-state index contributed by atoms with van der Waals surface area (Å²) in [5, 5.41) is 51.1. The van der Waals surface area contributed by atoms with Crippen molar-refractivity contribution in [1.29, 1.82) is 0 Å². The highest BCUT2D eigenvalue weighted by Crippen LogP contribution is 2.67. The lowest BCUT2D eigenvalue weighted by atomic mass is 9.46. The van der Waals surface area contributed by atoms with E-state index in [4.69, 9.17) is 9.47 Å². The Bertz CT molecular complexity index is 1010. The Hall–Kier alpha value is -1.69. The van der Waals surface area contributed by atoms with E-state index in [1.807, 2.05) is 13.0 Å². The van der Waals surface area contributed by atoms with Gasteiger partial charge in [0.05, 0.1) is 0 Å². The molecule has 206 valence electrons. The number of carbonyl (C=O) groups excluding carboxylic acids is 2. The Morgan fingerprint density at radius 2 is 1.70 bits per heavy atom. The lowest BCUT2D eigenvalue weighted by Crippen LogP contribution is -2.61. The molecule has 1 saturated heterocycles. The highest BCUT2D eigenvalue weighted by Gasteiger charge is 2.66. The fourth-order valence-corrected chi connectivity index (χ4v) is 8.50. The highest BCUT2D eigenvalue weighted by atomic mass is 16.7. The average Bonchev–Trinajstić information content (AvgIpc) is 3.14. The number of Topliss-reactive ketones (excluding diaryl/α,β-unsaturated/α-hetero) is 1. The third-order valence-corrected chi connectivity index (χ3v) is 10.8. The van der Waals surface area contributed by atoms with Crippen LogP contribution in [0.3, 0.4) is 0 Å². The topological polar surface area (TPSA) is 171 Å². The summed E-state index contributed by atoms with van der Waals surface area (Å²) in [6.45, 7) is 3.62. The molecule has 5 N–H and O–H groups in total. The first-order valence-electron chi connectivity index (χ1n) is 13.4. The molecule has 3 saturated carbocycles. The van der Waals surface area contributed by atoms with E-state index < -0.39 is 60.1 Å². The zero-order chi connectivity index (χ0) is 26.9. The number of ketones is 2. The number of carbonyl (C=O) groups is 3. The summed E-state index contributed by atoms with van der Waals surface area (Å²) in [5.41, 5.74) is -1.08. The summed E-state index contributed by atoms with van der Waals surface area (Å²) in [4.78, 5) is 36.8. The van der Waals surface area contributed by atoms with Crippen LogP contribution in [0.4, 0.5) is 0 Å². The van der Waals surface area contributed by atoms with E-state index in [1.165, 1.54) is 5.57 Å². The molecule has 0 aromatic heterocycles. The van der Waals surface area contributed by atoms with Gasteiger partial charge in [-0.15, -0.1) is 0 Å². The van der Waals surface area contributed by atoms with Crippen LogP contribution in [0.2, 0.25) is 0 Å². The second kappa shape index (κ2) is 9.20. The SMILES string of the molecule is C[C@]12CCC(=O)C=C1CC[C@H]1[C@H]3CC[C@](O)(C(=O)CO[C@H]4O[C@@H](C(=O)O)[C@H](O)[C@@H](O)[C@@H]4O)[C@]3(C)CC[C@@H]12. The summed E-state index contributed by atoms with van der Waals surface area (Å²) in [6, 6.07) is 0. The maximum atomic E-state index is 13.4. The third-order valence-electron chi connectivity index (χ3n) is 10.8. The maximum absolute atomic E-state index is 13.4. The molecule has 1 aliphatic heterocycles. The number of carboxylic acids is 1. The molecular weight excluding hydrogens is 484 g/mol. The molecule has 0 amide bonds. The van der Waals surface area contributed by atoms with Gasteiger partial charge in [0.25, 0.3) is 0 Å². The van der Waals surface area contributed by atoms with Crippen molar-refractivity contribution >= 4 is 17.5 Å². The molecule has 37 heavy (non-hydrogen) atoms. The van der Waals surface area contributed by atoms with Crippen LogP contribution in [0.15, 0.2) is 11.6 Å². The van der Waals surface area contributed by atoms with Gasteiger partial charge in [-0.25, -0.2) is 4.79 Å². The summed E-state index contributed by atoms with van der Waals surface area (Å²) in [5.74, 6) is -1.02. The number of carboxylic acid groups (broad SMARTS) is 1. The lowest BCUT2D eigenvalue weighted by Gasteiger charge is -2.58. The summed E-state index contributed by atoms with van der Waals surface area (Å²) >= 11 is 0. The van der Waals surface area contributed by atoms with Crippen molar-refractivity contribution in [2.24, 2.45) is 28.6 Å². The van der Waals surface area contributed by atoms with Crippen molar-refractivity contribution in [2.75, 3.05) is 6.61 Å². The van der Waals surface area contributed by atoms with Gasteiger partial charge in [-0.05, 0) is 74.2 Å². The summed E-state index contributed by atoms with van der Waals surface area (Å²) in [6.07, 6.45) is -1.37. The van der Waals surface area contributed by atoms with Gasteiger partial charge in [0.2, 0.25) is 0 Å². The second-order valence-corrected chi connectivity index (χ2v) is 12.3. The van der Waals surface area contributed by atoms with Crippen LogP contribution in [-0.2, 0) is 23.9 Å². The first kappa shape index (κ1) is 26.9. The molecule has 4 aliphatic carbocycles. The average molecular weight is 523 g/mol. The number of aliphatic carboxylic acids is 1. The molecule has 5 aliphatic rings. The number of rotatable bonds is 5. The van der Waals surface area contributed by atoms with Crippen LogP contribution >= 0.6 is 0 Å². The van der Waals surface area contributed by atoms with Gasteiger partial charge in [0.1, 0.15) is 30.5 Å². The number of fused-ring (bicyclic) bond motifs is 5. The monoisotopic (exact) mass is 522 g/mol. The first-order valence-corrected chi connectivity index (χ1v) is 13.4. The normalized spacial score (nSPS) is 49.5. The van der Waals surface area contributed by atoms with Crippen molar-refractivity contribution in [3.05, 3.63) is 11.6 Å². The zero-order valence-electron chi connectivity index (χ0n) is 21.3. The lowest BCUT2D eigenvalue weighted by molar-refractivity contribution is -0.293. The van der Waals surface area contributed by atoms with E-state index in [0.29, 0.717) is 31.1 Å². The van der Waals surface area contributed by atoms with E-state index in [2.05, 4.69) is 6.92 Å². The molecule has 0 spiro atoms. The Morgan fingerprint density at radius 3 is 2.41 bits per heavy atom. The van der Waals surface area contributed by atoms with Crippen molar-refractivity contribution < 1.29 is 49.4 Å². The van der Waals surface area contributed by atoms with Gasteiger partial charge in [0.15, 0.2) is 24.0 Å². The molecule has 0 aromatic carbocycles. The minimum absolute atomic E-state index is 0.0213. The van der Waals surface area contributed by atoms with Crippen LogP contribution in [-0.4, -0.2) is 86.0 Å². The number of ether oxygens (including phenoxy) is 2. The van der Waals surface area contributed by atoms with Crippen molar-refractivity contribution in [3.8, 4) is 0 Å². The molecule has 10 heteroatoms. The molecule has 0 unspecified atom stereocenters. The predicted molar refractivity (Wildman–Crippen MR) is 127 cm³/mol. The molecule has 5 rings (SSSR count). The Balaban J connectivity index is 1.30. The Kier molecular flexibility index (Phi) is 6.69. The minimum atomic E-state index is -1.85. The van der Waals surface area contributed by atoms with E-state index in [-0.39, 0.29) is 23.5 Å². The van der Waals surface area contributed by atoms with Crippen LogP contribution in [0.5, 0.6) is 0 Å². The number of aliphatic hydroxyl groups is 4. The second-order valence-electron chi connectivity index (χ2n) is 12.3. The fraction of sp³-hybridized carbons (Fsp3) is 0.815. The predicted octanol–water partition coefficient (Wildman–Crippen LogP) is 0.727. The molecular formula is C27H38O10. The van der Waals surface area contributed by atoms with Crippen molar-refractivity contribution in [3.63, 3.8) is 0 Å². The molecule has 0 aromatic rings. The van der Waals surface area contributed by atoms with Crippen molar-refractivity contribution in [1.82, 2.24) is 0 Å². The number of hydrogen-bond donors (Lipinski definition) is 5. The first-order chi connectivity index (χ1) is 17.3. The van der Waals surface area contributed by atoms with Gasteiger partial charge in [-0.1, -0.05) is 19.4 Å². The summed E-state index contributed by atoms with van der Waals surface area (Å²) in [7, 11) is 0. The van der Waals surface area contributed by atoms with Crippen LogP contribution < -0.4 is 0 Å². The maximum Gasteiger partial charge on any atom is 0.335 e. The smallest absolute Gasteiger partial charge is 0.335 e. The Morgan fingerprint density at radius 1 is 1.00 bits per heavy atom. The molecule has 4 fully saturated rings. The minimum Gasteiger partial charge on any atom is -0.479 e. The van der Waals surface area contributed by atoms with E-state index in [0.717, 1.165) is 25.7 Å². The number of aliphatic hydroxyl groups excluding tert-OH is 3. The summed E-state index contributed by atoms with van der Waals surface area (Å²) < 4.78 is 10.5. The molecule has 1 heterocycles. The van der Waals surface area contributed by atoms with Gasteiger partial charge >= 0.3 is 5.97 Å². The quantitative estimate of drug-likeness (QED) is 0.347. The van der Waals surface area contributed by atoms with E-state index in [1.54, 1.807) is 0 Å². The van der Waals surface area contributed by atoms with Crippen LogP contribution in [0, 0.1) is 28.6 Å². The van der Waals surface area contributed by atoms with Gasteiger partial charge in [0, 0.05) is 11.8 Å². The largest absolute Gasteiger partial charge is 0.479 e. The fourth-order valence-electron chi connectivity index (χ4n) is 8.50. The number of hydrogen-bond acceptors (Lipinski definition) is 9.